The predicted molar refractivity (Wildman–Crippen MR) is 69.7 cm³/mol. The maximum absolute atomic E-state index is 11.5. The molecule has 5 heteroatoms. The van der Waals surface area contributed by atoms with Gasteiger partial charge in [0.2, 0.25) is 0 Å². The Labute approximate surface area is 108 Å². The van der Waals surface area contributed by atoms with Crippen molar-refractivity contribution in [1.82, 2.24) is 5.32 Å². The minimum atomic E-state index is -0.676. The maximum atomic E-state index is 11.5. The Bertz CT molecular complexity index is 376. The van der Waals surface area contributed by atoms with Crippen LogP contribution in [0.15, 0.2) is 15.9 Å². The molecular weight excluding hydrogens is 290 g/mol. The van der Waals surface area contributed by atoms with Crippen LogP contribution < -0.4 is 5.32 Å². The summed E-state index contributed by atoms with van der Waals surface area (Å²) in [6.07, 6.45) is 0. The predicted octanol–water partition coefficient (Wildman–Crippen LogP) is 3.11. The zero-order valence-corrected chi connectivity index (χ0v) is 12.2. The summed E-state index contributed by atoms with van der Waals surface area (Å²) >= 11 is 5.07. The van der Waals surface area contributed by atoms with E-state index in [4.69, 9.17) is 4.74 Å². The van der Waals surface area contributed by atoms with E-state index in [1.807, 2.05) is 26.2 Å². The summed E-state index contributed by atoms with van der Waals surface area (Å²) in [5.41, 5.74) is -0.676. The van der Waals surface area contributed by atoms with Gasteiger partial charge in [-0.25, -0.2) is 0 Å². The summed E-state index contributed by atoms with van der Waals surface area (Å²) in [5.74, 6) is -0.255. The second-order valence-corrected chi connectivity index (χ2v) is 6.01. The van der Waals surface area contributed by atoms with E-state index < -0.39 is 5.54 Å². The van der Waals surface area contributed by atoms with Gasteiger partial charge in [0.05, 0.1) is 7.11 Å². The highest BCUT2D eigenvalue weighted by Gasteiger charge is 2.30. The molecular formula is C11H16BrNO2S. The van der Waals surface area contributed by atoms with E-state index in [1.54, 1.807) is 11.3 Å². The van der Waals surface area contributed by atoms with Crippen LogP contribution in [0, 0.1) is 0 Å². The standard InChI is InChI=1S/C11H16BrNO2S/c1-7(9-5-8(12)6-16-9)13-11(2,3)10(14)15-4/h5-7,13H,1-4H3. The first-order chi connectivity index (χ1) is 7.36. The SMILES string of the molecule is COC(=O)C(C)(C)NC(C)c1cc(Br)cs1. The third kappa shape index (κ3) is 3.30. The molecule has 0 saturated heterocycles. The molecule has 1 atom stereocenters. The molecule has 0 aromatic carbocycles. The minimum absolute atomic E-state index is 0.116. The number of esters is 1. The van der Waals surface area contributed by atoms with Crippen LogP contribution in [0.5, 0.6) is 0 Å². The van der Waals surface area contributed by atoms with Crippen molar-refractivity contribution in [2.75, 3.05) is 7.11 Å². The molecule has 3 nitrogen and oxygen atoms in total. The van der Waals surface area contributed by atoms with Crippen molar-refractivity contribution in [3.8, 4) is 0 Å². The number of carbonyl (C=O) groups is 1. The molecule has 0 aliphatic rings. The van der Waals surface area contributed by atoms with E-state index in [1.165, 1.54) is 12.0 Å². The highest BCUT2D eigenvalue weighted by molar-refractivity contribution is 9.10. The molecule has 1 N–H and O–H groups in total. The van der Waals surface area contributed by atoms with Crippen molar-refractivity contribution in [2.24, 2.45) is 0 Å². The van der Waals surface area contributed by atoms with Gasteiger partial charge in [0, 0.05) is 20.8 Å². The quantitative estimate of drug-likeness (QED) is 0.869. The first kappa shape index (κ1) is 13.7. The molecule has 1 rings (SSSR count). The number of thiophene rings is 1. The lowest BCUT2D eigenvalue weighted by Crippen LogP contribution is -2.48. The van der Waals surface area contributed by atoms with E-state index in [9.17, 15) is 4.79 Å². The molecule has 90 valence electrons. The van der Waals surface area contributed by atoms with Crippen LogP contribution in [0.3, 0.4) is 0 Å². The molecule has 0 radical (unpaired) electrons. The van der Waals surface area contributed by atoms with Crippen molar-refractivity contribution in [1.29, 1.82) is 0 Å². The molecule has 0 aliphatic carbocycles. The Balaban J connectivity index is 2.70. The van der Waals surface area contributed by atoms with Gasteiger partial charge in [-0.2, -0.15) is 0 Å². The van der Waals surface area contributed by atoms with Gasteiger partial charge in [-0.1, -0.05) is 0 Å². The number of ether oxygens (including phenoxy) is 1. The Kier molecular flexibility index (Phi) is 4.52. The van der Waals surface area contributed by atoms with E-state index in [0.29, 0.717) is 0 Å². The van der Waals surface area contributed by atoms with Crippen LogP contribution in [0.4, 0.5) is 0 Å². The number of nitrogens with one attached hydrogen (secondary N) is 1. The molecule has 0 saturated carbocycles. The molecule has 0 aliphatic heterocycles. The molecule has 1 aromatic heterocycles. The van der Waals surface area contributed by atoms with Gasteiger partial charge >= 0.3 is 5.97 Å². The number of carbonyl (C=O) groups excluding carboxylic acids is 1. The molecule has 0 fully saturated rings. The van der Waals surface area contributed by atoms with E-state index in [2.05, 4.69) is 27.3 Å². The third-order valence-electron chi connectivity index (χ3n) is 2.29. The number of rotatable bonds is 4. The van der Waals surface area contributed by atoms with Crippen LogP contribution in [0.1, 0.15) is 31.7 Å². The van der Waals surface area contributed by atoms with Crippen molar-refractivity contribution < 1.29 is 9.53 Å². The fourth-order valence-electron chi connectivity index (χ4n) is 1.48. The molecule has 1 aromatic rings. The monoisotopic (exact) mass is 305 g/mol. The van der Waals surface area contributed by atoms with Crippen LogP contribution in [0.25, 0.3) is 0 Å². The van der Waals surface area contributed by atoms with Crippen molar-refractivity contribution in [2.45, 2.75) is 32.4 Å². The van der Waals surface area contributed by atoms with Gasteiger partial charge in [-0.05, 0) is 42.8 Å². The van der Waals surface area contributed by atoms with Gasteiger partial charge in [0.15, 0.2) is 0 Å². The Morgan fingerprint density at radius 1 is 1.62 bits per heavy atom. The lowest BCUT2D eigenvalue weighted by molar-refractivity contribution is -0.147. The summed E-state index contributed by atoms with van der Waals surface area (Å²) < 4.78 is 5.82. The largest absolute Gasteiger partial charge is 0.468 e. The zero-order valence-electron chi connectivity index (χ0n) is 9.83. The van der Waals surface area contributed by atoms with Crippen molar-refractivity contribution in [3.05, 3.63) is 20.8 Å². The highest BCUT2D eigenvalue weighted by Crippen LogP contribution is 2.26. The van der Waals surface area contributed by atoms with Gasteiger partial charge in [0.1, 0.15) is 5.54 Å². The lowest BCUT2D eigenvalue weighted by atomic mass is 10.0. The molecule has 1 unspecified atom stereocenters. The Morgan fingerprint density at radius 2 is 2.25 bits per heavy atom. The van der Waals surface area contributed by atoms with Crippen molar-refractivity contribution >= 4 is 33.2 Å². The summed E-state index contributed by atoms with van der Waals surface area (Å²) in [7, 11) is 1.40. The first-order valence-electron chi connectivity index (χ1n) is 4.97. The smallest absolute Gasteiger partial charge is 0.325 e. The van der Waals surface area contributed by atoms with Crippen LogP contribution in [0.2, 0.25) is 0 Å². The highest BCUT2D eigenvalue weighted by atomic mass is 79.9. The topological polar surface area (TPSA) is 38.3 Å². The van der Waals surface area contributed by atoms with E-state index >= 15 is 0 Å². The summed E-state index contributed by atoms with van der Waals surface area (Å²) in [4.78, 5) is 12.7. The minimum Gasteiger partial charge on any atom is -0.468 e. The number of hydrogen-bond acceptors (Lipinski definition) is 4. The second-order valence-electron chi connectivity index (χ2n) is 4.15. The van der Waals surface area contributed by atoms with Crippen molar-refractivity contribution in [3.63, 3.8) is 0 Å². The van der Waals surface area contributed by atoms with Gasteiger partial charge in [-0.3, -0.25) is 10.1 Å². The summed E-state index contributed by atoms with van der Waals surface area (Å²) in [6.45, 7) is 5.67. The van der Waals surface area contributed by atoms with Gasteiger partial charge < -0.3 is 4.74 Å². The molecule has 0 bridgehead atoms. The molecule has 0 amide bonds. The number of methoxy groups -OCH3 is 1. The first-order valence-corrected chi connectivity index (χ1v) is 6.64. The maximum Gasteiger partial charge on any atom is 0.325 e. The number of hydrogen-bond donors (Lipinski definition) is 1. The molecule has 0 spiro atoms. The molecule has 16 heavy (non-hydrogen) atoms. The normalized spacial score (nSPS) is 13.6. The summed E-state index contributed by atoms with van der Waals surface area (Å²) in [5, 5.41) is 5.28. The van der Waals surface area contributed by atoms with Crippen LogP contribution in [-0.2, 0) is 9.53 Å². The average Bonchev–Trinajstić information content (AvgIpc) is 2.63. The van der Waals surface area contributed by atoms with Gasteiger partial charge in [0.25, 0.3) is 0 Å². The summed E-state index contributed by atoms with van der Waals surface area (Å²) in [6, 6.07) is 2.17. The molecule has 1 heterocycles. The Hall–Kier alpha value is -0.390. The van der Waals surface area contributed by atoms with Crippen LogP contribution >= 0.6 is 27.3 Å². The third-order valence-corrected chi connectivity index (χ3v) is 4.16. The Morgan fingerprint density at radius 3 is 2.69 bits per heavy atom. The van der Waals surface area contributed by atoms with Gasteiger partial charge in [-0.15, -0.1) is 11.3 Å². The fourth-order valence-corrected chi connectivity index (χ4v) is 2.94. The fraction of sp³-hybridized carbons (Fsp3) is 0.545. The van der Waals surface area contributed by atoms with E-state index in [0.717, 1.165) is 4.47 Å². The average molecular weight is 306 g/mol. The zero-order chi connectivity index (χ0) is 12.3. The van der Waals surface area contributed by atoms with Crippen LogP contribution in [-0.4, -0.2) is 18.6 Å². The number of halogens is 1. The lowest BCUT2D eigenvalue weighted by Gasteiger charge is -2.27. The van der Waals surface area contributed by atoms with E-state index in [-0.39, 0.29) is 12.0 Å². The second kappa shape index (κ2) is 5.29.